The molecule has 2 rings (SSSR count). The highest BCUT2D eigenvalue weighted by atomic mass is 35.7. The molecule has 1 aliphatic rings. The lowest BCUT2D eigenvalue weighted by Crippen LogP contribution is -2.41. The third kappa shape index (κ3) is 3.87. The Hall–Kier alpha value is -1.25. The van der Waals surface area contributed by atoms with Crippen molar-refractivity contribution in [2.24, 2.45) is 5.11 Å². The van der Waals surface area contributed by atoms with Crippen molar-refractivity contribution in [1.29, 1.82) is 0 Å². The second-order valence-electron chi connectivity index (χ2n) is 6.78. The highest BCUT2D eigenvalue weighted by Crippen LogP contribution is 2.37. The molecule has 24 heavy (non-hydrogen) atoms. The van der Waals surface area contributed by atoms with E-state index in [9.17, 15) is 8.42 Å². The second kappa shape index (κ2) is 6.24. The zero-order chi connectivity index (χ0) is 18.3. The van der Waals surface area contributed by atoms with Gasteiger partial charge in [0.05, 0.1) is 17.0 Å². The fraction of sp³-hybridized carbons (Fsp3) is 0.571. The molecular formula is C14H19BClN3O4S. The van der Waals surface area contributed by atoms with Crippen LogP contribution >= 0.6 is 10.7 Å². The van der Waals surface area contributed by atoms with Gasteiger partial charge in [-0.1, -0.05) is 11.2 Å². The molecule has 130 valence electrons. The van der Waals surface area contributed by atoms with Crippen molar-refractivity contribution in [1.82, 2.24) is 0 Å². The first kappa shape index (κ1) is 19.1. The molecular weight excluding hydrogens is 353 g/mol. The molecule has 0 radical (unpaired) electrons. The molecule has 0 aromatic heterocycles. The fourth-order valence-corrected chi connectivity index (χ4v) is 3.47. The van der Waals surface area contributed by atoms with E-state index < -0.39 is 27.4 Å². The van der Waals surface area contributed by atoms with Crippen LogP contribution in [0.2, 0.25) is 0 Å². The van der Waals surface area contributed by atoms with Gasteiger partial charge in [0.15, 0.2) is 0 Å². The van der Waals surface area contributed by atoms with Gasteiger partial charge >= 0.3 is 7.12 Å². The van der Waals surface area contributed by atoms with Gasteiger partial charge in [0.2, 0.25) is 9.05 Å². The van der Waals surface area contributed by atoms with Crippen molar-refractivity contribution in [3.63, 3.8) is 0 Å². The Bertz CT molecular complexity index is 804. The standard InChI is InChI=1S/C14H19BClN3O4S/c1-9-10(8-24(16,20)21)6-11(18-19-17)7-12(9)15-22-13(2,3)14(4,5)23-15/h6-7H,8H2,1-5H3. The van der Waals surface area contributed by atoms with Crippen molar-refractivity contribution in [3.8, 4) is 0 Å². The van der Waals surface area contributed by atoms with E-state index in [2.05, 4.69) is 10.0 Å². The lowest BCUT2D eigenvalue weighted by atomic mass is 9.75. The number of azide groups is 1. The Morgan fingerprint density at radius 2 is 1.79 bits per heavy atom. The summed E-state index contributed by atoms with van der Waals surface area (Å²) in [6, 6.07) is 3.14. The average Bonchev–Trinajstić information content (AvgIpc) is 2.60. The Kier molecular flexibility index (Phi) is 4.96. The van der Waals surface area contributed by atoms with Crippen LogP contribution in [0.1, 0.15) is 38.8 Å². The molecule has 0 saturated carbocycles. The van der Waals surface area contributed by atoms with E-state index in [-0.39, 0.29) is 11.4 Å². The molecule has 0 spiro atoms. The van der Waals surface area contributed by atoms with Gasteiger partial charge < -0.3 is 9.31 Å². The lowest BCUT2D eigenvalue weighted by Gasteiger charge is -2.32. The van der Waals surface area contributed by atoms with Gasteiger partial charge in [0, 0.05) is 21.3 Å². The molecule has 1 saturated heterocycles. The smallest absolute Gasteiger partial charge is 0.399 e. The summed E-state index contributed by atoms with van der Waals surface area (Å²) >= 11 is 0. The maximum atomic E-state index is 11.5. The lowest BCUT2D eigenvalue weighted by molar-refractivity contribution is 0.00578. The molecule has 10 heteroatoms. The van der Waals surface area contributed by atoms with Gasteiger partial charge in [0.25, 0.3) is 0 Å². The Morgan fingerprint density at radius 3 is 2.25 bits per heavy atom. The van der Waals surface area contributed by atoms with Crippen molar-refractivity contribution in [2.75, 3.05) is 0 Å². The van der Waals surface area contributed by atoms with Gasteiger partial charge in [-0.15, -0.1) is 0 Å². The van der Waals surface area contributed by atoms with E-state index in [1.807, 2.05) is 27.7 Å². The van der Waals surface area contributed by atoms with Crippen LogP contribution in [0.15, 0.2) is 17.2 Å². The third-order valence-electron chi connectivity index (χ3n) is 4.54. The van der Waals surface area contributed by atoms with E-state index >= 15 is 0 Å². The normalized spacial score (nSPS) is 19.2. The van der Waals surface area contributed by atoms with Crippen molar-refractivity contribution < 1.29 is 17.7 Å². The summed E-state index contributed by atoms with van der Waals surface area (Å²) in [5.41, 5.74) is 9.62. The fourth-order valence-electron chi connectivity index (χ4n) is 2.44. The molecule has 0 unspecified atom stereocenters. The highest BCUT2D eigenvalue weighted by molar-refractivity contribution is 8.13. The van der Waals surface area contributed by atoms with Crippen LogP contribution in [0.4, 0.5) is 5.69 Å². The topological polar surface area (TPSA) is 101 Å². The molecule has 1 fully saturated rings. The first-order chi connectivity index (χ1) is 10.9. The minimum absolute atomic E-state index is 0.281. The van der Waals surface area contributed by atoms with Gasteiger partial charge in [-0.3, -0.25) is 0 Å². The van der Waals surface area contributed by atoms with Gasteiger partial charge in [-0.05, 0) is 62.8 Å². The summed E-state index contributed by atoms with van der Waals surface area (Å²) in [5, 5.41) is 3.57. The van der Waals surface area contributed by atoms with Crippen LogP contribution < -0.4 is 5.46 Å². The predicted octanol–water partition coefficient (Wildman–Crippen LogP) is 3.30. The van der Waals surface area contributed by atoms with E-state index in [1.54, 1.807) is 13.0 Å². The second-order valence-corrected chi connectivity index (χ2v) is 9.56. The average molecular weight is 372 g/mol. The van der Waals surface area contributed by atoms with Crippen LogP contribution in [-0.2, 0) is 24.1 Å². The molecule has 0 atom stereocenters. The summed E-state index contributed by atoms with van der Waals surface area (Å²) in [4.78, 5) is 2.76. The van der Waals surface area contributed by atoms with Gasteiger partial charge in [0.1, 0.15) is 0 Å². The molecule has 0 amide bonds. The van der Waals surface area contributed by atoms with E-state index in [0.717, 1.165) is 0 Å². The zero-order valence-corrected chi connectivity index (χ0v) is 15.8. The monoisotopic (exact) mass is 371 g/mol. The van der Waals surface area contributed by atoms with E-state index in [4.69, 9.17) is 25.5 Å². The number of halogens is 1. The SMILES string of the molecule is Cc1c(CS(=O)(=O)Cl)cc(N=[N+]=[N-])cc1B1OC(C)(C)C(C)(C)O1. The van der Waals surface area contributed by atoms with E-state index in [1.165, 1.54) is 6.07 Å². The van der Waals surface area contributed by atoms with Gasteiger partial charge in [-0.2, -0.15) is 0 Å². The predicted molar refractivity (Wildman–Crippen MR) is 94.2 cm³/mol. The molecule has 0 aliphatic carbocycles. The molecule has 1 aromatic carbocycles. The van der Waals surface area contributed by atoms with Crippen molar-refractivity contribution in [3.05, 3.63) is 33.7 Å². The molecule has 1 aromatic rings. The van der Waals surface area contributed by atoms with Crippen molar-refractivity contribution >= 4 is 38.0 Å². The first-order valence-electron chi connectivity index (χ1n) is 7.33. The van der Waals surface area contributed by atoms with Crippen LogP contribution in [0.25, 0.3) is 10.4 Å². The molecule has 0 N–H and O–H groups in total. The summed E-state index contributed by atoms with van der Waals surface area (Å²) in [7, 11) is 0.923. The Balaban J connectivity index is 2.56. The summed E-state index contributed by atoms with van der Waals surface area (Å²) in [5.74, 6) is -0.373. The van der Waals surface area contributed by atoms with E-state index in [0.29, 0.717) is 16.6 Å². The maximum absolute atomic E-state index is 11.5. The highest BCUT2D eigenvalue weighted by Gasteiger charge is 2.52. The Labute approximate surface area is 146 Å². The number of hydrogen-bond donors (Lipinski definition) is 0. The minimum atomic E-state index is -3.76. The van der Waals surface area contributed by atoms with Crippen LogP contribution in [0.5, 0.6) is 0 Å². The number of hydrogen-bond acceptors (Lipinski definition) is 5. The number of rotatable bonds is 4. The summed E-state index contributed by atoms with van der Waals surface area (Å²) in [6.45, 7) is 9.44. The summed E-state index contributed by atoms with van der Waals surface area (Å²) < 4.78 is 34.9. The number of nitrogens with zero attached hydrogens (tertiary/aromatic N) is 3. The molecule has 1 heterocycles. The van der Waals surface area contributed by atoms with Crippen LogP contribution in [0, 0.1) is 6.92 Å². The number of benzene rings is 1. The first-order valence-corrected chi connectivity index (χ1v) is 9.80. The largest absolute Gasteiger partial charge is 0.495 e. The van der Waals surface area contributed by atoms with Crippen molar-refractivity contribution in [2.45, 2.75) is 51.6 Å². The minimum Gasteiger partial charge on any atom is -0.399 e. The Morgan fingerprint density at radius 1 is 1.25 bits per heavy atom. The molecule has 7 nitrogen and oxygen atoms in total. The summed E-state index contributed by atoms with van der Waals surface area (Å²) in [6.07, 6.45) is 0. The molecule has 0 bridgehead atoms. The maximum Gasteiger partial charge on any atom is 0.495 e. The molecule has 1 aliphatic heterocycles. The third-order valence-corrected chi connectivity index (χ3v) is 5.52. The van der Waals surface area contributed by atoms with Gasteiger partial charge in [-0.25, -0.2) is 8.42 Å². The zero-order valence-electron chi connectivity index (χ0n) is 14.2. The van der Waals surface area contributed by atoms with Crippen LogP contribution in [0.3, 0.4) is 0 Å². The quantitative estimate of drug-likeness (QED) is 0.266. The van der Waals surface area contributed by atoms with Crippen LogP contribution in [-0.4, -0.2) is 26.7 Å².